The Hall–Kier alpha value is -2.88. The largest absolute Gasteiger partial charge is 0.495 e. The van der Waals surface area contributed by atoms with Crippen molar-refractivity contribution in [2.75, 3.05) is 69.6 Å². The number of halogens is 1. The molecule has 9 nitrogen and oxygen atoms in total. The van der Waals surface area contributed by atoms with E-state index in [1.165, 1.54) is 6.08 Å². The van der Waals surface area contributed by atoms with Gasteiger partial charge in [-0.05, 0) is 57.3 Å². The second-order valence-electron chi connectivity index (χ2n) is 7.90. The van der Waals surface area contributed by atoms with Gasteiger partial charge in [-0.2, -0.15) is 4.98 Å². The Labute approximate surface area is 199 Å². The van der Waals surface area contributed by atoms with Crippen molar-refractivity contribution in [1.82, 2.24) is 14.9 Å². The molecule has 1 saturated heterocycles. The van der Waals surface area contributed by atoms with Crippen LogP contribution in [0.15, 0.2) is 31.0 Å². The van der Waals surface area contributed by atoms with Crippen LogP contribution in [0, 0.1) is 0 Å². The van der Waals surface area contributed by atoms with E-state index in [1.807, 2.05) is 26.2 Å². The number of carbonyl (C=O) groups is 1. The lowest BCUT2D eigenvalue weighted by atomic mass is 10.0. The zero-order valence-corrected chi connectivity index (χ0v) is 20.1. The molecule has 1 aromatic carbocycles. The Balaban J connectivity index is 1.90. The maximum atomic E-state index is 12.1. The van der Waals surface area contributed by atoms with Gasteiger partial charge in [0.1, 0.15) is 10.8 Å². The van der Waals surface area contributed by atoms with Crippen molar-refractivity contribution >= 4 is 40.6 Å². The molecule has 2 N–H and O–H groups in total. The molecule has 1 aliphatic rings. The third kappa shape index (κ3) is 6.80. The minimum absolute atomic E-state index is 0.280. The SMILES string of the molecule is C=CC(=O)Nc1cc(Nc2ncc(Cl)c(N3CCOCC3)n2)c(OC)cc1CCCN(C)C. The summed E-state index contributed by atoms with van der Waals surface area (Å²) in [5.41, 5.74) is 2.29. The number of rotatable bonds is 10. The lowest BCUT2D eigenvalue weighted by molar-refractivity contribution is -0.111. The molecule has 2 heterocycles. The number of methoxy groups -OCH3 is 1. The molecule has 0 radical (unpaired) electrons. The van der Waals surface area contributed by atoms with E-state index in [0.717, 1.165) is 24.9 Å². The second kappa shape index (κ2) is 11.8. The fraction of sp³-hybridized carbons (Fsp3) is 0.435. The van der Waals surface area contributed by atoms with Crippen LogP contribution in [0.3, 0.4) is 0 Å². The molecule has 2 aromatic rings. The first-order chi connectivity index (χ1) is 15.9. The van der Waals surface area contributed by atoms with Crippen LogP contribution in [0.5, 0.6) is 5.75 Å². The molecular weight excluding hydrogens is 444 g/mol. The van der Waals surface area contributed by atoms with Crippen LogP contribution in [0.4, 0.5) is 23.1 Å². The standard InChI is InChI=1S/C23H31ClN6O3/c1-5-21(31)26-18-14-19(20(32-4)13-16(18)7-6-8-29(2)3)27-23-25-15-17(24)22(28-23)30-9-11-33-12-10-30/h5,13-15H,1,6-12H2,2-4H3,(H,26,31)(H,25,27,28). The van der Waals surface area contributed by atoms with E-state index in [-0.39, 0.29) is 5.91 Å². The Morgan fingerprint density at radius 2 is 2.09 bits per heavy atom. The lowest BCUT2D eigenvalue weighted by Gasteiger charge is -2.28. The smallest absolute Gasteiger partial charge is 0.247 e. The summed E-state index contributed by atoms with van der Waals surface area (Å²) in [5, 5.41) is 6.59. The normalized spacial score (nSPS) is 13.7. The van der Waals surface area contributed by atoms with Gasteiger partial charge in [-0.1, -0.05) is 18.2 Å². The van der Waals surface area contributed by atoms with E-state index >= 15 is 0 Å². The zero-order valence-electron chi connectivity index (χ0n) is 19.4. The van der Waals surface area contributed by atoms with Crippen LogP contribution in [-0.4, -0.2) is 74.8 Å². The number of aryl methyl sites for hydroxylation is 1. The Kier molecular flexibility index (Phi) is 8.87. The van der Waals surface area contributed by atoms with E-state index < -0.39 is 0 Å². The van der Waals surface area contributed by atoms with Gasteiger partial charge in [0.05, 0.1) is 32.2 Å². The van der Waals surface area contributed by atoms with Crippen LogP contribution in [0.25, 0.3) is 0 Å². The monoisotopic (exact) mass is 474 g/mol. The van der Waals surface area contributed by atoms with Crippen molar-refractivity contribution in [3.63, 3.8) is 0 Å². The highest BCUT2D eigenvalue weighted by atomic mass is 35.5. The Bertz CT molecular complexity index is 979. The van der Waals surface area contributed by atoms with Gasteiger partial charge >= 0.3 is 0 Å². The highest BCUT2D eigenvalue weighted by molar-refractivity contribution is 6.32. The lowest BCUT2D eigenvalue weighted by Crippen LogP contribution is -2.37. The summed E-state index contributed by atoms with van der Waals surface area (Å²) in [6.07, 6.45) is 4.53. The maximum absolute atomic E-state index is 12.1. The number of carbonyl (C=O) groups excluding carboxylic acids is 1. The average Bonchev–Trinajstić information content (AvgIpc) is 2.81. The molecule has 0 unspecified atom stereocenters. The van der Waals surface area contributed by atoms with Crippen molar-refractivity contribution in [3.8, 4) is 5.75 Å². The highest BCUT2D eigenvalue weighted by Gasteiger charge is 2.18. The third-order valence-corrected chi connectivity index (χ3v) is 5.47. The molecule has 0 aliphatic carbocycles. The van der Waals surface area contributed by atoms with Crippen LogP contribution >= 0.6 is 11.6 Å². The predicted molar refractivity (Wildman–Crippen MR) is 132 cm³/mol. The molecule has 1 aliphatic heterocycles. The van der Waals surface area contributed by atoms with Crippen LogP contribution < -0.4 is 20.3 Å². The number of hydrogen-bond donors (Lipinski definition) is 2. The van der Waals surface area contributed by atoms with E-state index in [0.29, 0.717) is 60.2 Å². The predicted octanol–water partition coefficient (Wildman–Crippen LogP) is 3.34. The van der Waals surface area contributed by atoms with Crippen molar-refractivity contribution in [2.45, 2.75) is 12.8 Å². The summed E-state index contributed by atoms with van der Waals surface area (Å²) in [6, 6.07) is 3.76. The minimum atomic E-state index is -0.280. The number of aromatic nitrogens is 2. The number of benzene rings is 1. The topological polar surface area (TPSA) is 91.9 Å². The van der Waals surface area contributed by atoms with E-state index in [4.69, 9.17) is 21.1 Å². The second-order valence-corrected chi connectivity index (χ2v) is 8.31. The van der Waals surface area contributed by atoms with Crippen LogP contribution in [0.2, 0.25) is 5.02 Å². The average molecular weight is 475 g/mol. The number of anilines is 4. The van der Waals surface area contributed by atoms with E-state index in [9.17, 15) is 4.79 Å². The number of hydrogen-bond acceptors (Lipinski definition) is 8. The first-order valence-electron chi connectivity index (χ1n) is 10.8. The van der Waals surface area contributed by atoms with Gasteiger partial charge in [0.25, 0.3) is 0 Å². The Morgan fingerprint density at radius 3 is 2.76 bits per heavy atom. The van der Waals surface area contributed by atoms with Crippen molar-refractivity contribution in [2.24, 2.45) is 0 Å². The van der Waals surface area contributed by atoms with E-state index in [2.05, 4.69) is 37.0 Å². The van der Waals surface area contributed by atoms with E-state index in [1.54, 1.807) is 13.3 Å². The van der Waals surface area contributed by atoms with Gasteiger partial charge in [-0.25, -0.2) is 4.98 Å². The van der Waals surface area contributed by atoms with Crippen molar-refractivity contribution in [1.29, 1.82) is 0 Å². The summed E-state index contributed by atoms with van der Waals surface area (Å²) in [5.74, 6) is 1.37. The molecular formula is C23H31ClN6O3. The molecule has 1 aromatic heterocycles. The molecule has 3 rings (SSSR count). The molecule has 0 bridgehead atoms. The molecule has 1 amide bonds. The molecule has 0 spiro atoms. The minimum Gasteiger partial charge on any atom is -0.495 e. The van der Waals surface area contributed by atoms with Gasteiger partial charge in [-0.3, -0.25) is 4.79 Å². The molecule has 10 heteroatoms. The van der Waals surface area contributed by atoms with Gasteiger partial charge in [0.15, 0.2) is 5.82 Å². The molecule has 0 saturated carbocycles. The van der Waals surface area contributed by atoms with Gasteiger partial charge < -0.3 is 29.9 Å². The maximum Gasteiger partial charge on any atom is 0.247 e. The van der Waals surface area contributed by atoms with Crippen LogP contribution in [-0.2, 0) is 16.0 Å². The third-order valence-electron chi connectivity index (χ3n) is 5.20. The summed E-state index contributed by atoms with van der Waals surface area (Å²) in [4.78, 5) is 25.2. The molecule has 0 atom stereocenters. The molecule has 178 valence electrons. The first-order valence-corrected chi connectivity index (χ1v) is 11.2. The highest BCUT2D eigenvalue weighted by Crippen LogP contribution is 2.35. The first kappa shape index (κ1) is 24.8. The number of nitrogens with zero attached hydrogens (tertiary/aromatic N) is 4. The summed E-state index contributed by atoms with van der Waals surface area (Å²) in [7, 11) is 5.67. The molecule has 33 heavy (non-hydrogen) atoms. The zero-order chi connectivity index (χ0) is 23.8. The Morgan fingerprint density at radius 1 is 1.33 bits per heavy atom. The summed E-state index contributed by atoms with van der Waals surface area (Å²) >= 11 is 6.36. The fourth-order valence-corrected chi connectivity index (χ4v) is 3.73. The fourth-order valence-electron chi connectivity index (χ4n) is 3.52. The van der Waals surface area contributed by atoms with Crippen molar-refractivity contribution < 1.29 is 14.3 Å². The van der Waals surface area contributed by atoms with Crippen LogP contribution in [0.1, 0.15) is 12.0 Å². The quantitative estimate of drug-likeness (QED) is 0.506. The number of morpholine rings is 1. The summed E-state index contributed by atoms with van der Waals surface area (Å²) in [6.45, 7) is 7.15. The van der Waals surface area contributed by atoms with Gasteiger partial charge in [0.2, 0.25) is 11.9 Å². The van der Waals surface area contributed by atoms with Crippen molar-refractivity contribution in [3.05, 3.63) is 41.6 Å². The van der Waals surface area contributed by atoms with Gasteiger partial charge in [0, 0.05) is 18.8 Å². The van der Waals surface area contributed by atoms with Gasteiger partial charge in [-0.15, -0.1) is 0 Å². The number of ether oxygens (including phenoxy) is 2. The molecule has 1 fully saturated rings. The number of amides is 1. The number of nitrogens with one attached hydrogen (secondary N) is 2. The summed E-state index contributed by atoms with van der Waals surface area (Å²) < 4.78 is 11.0.